The third-order valence-corrected chi connectivity index (χ3v) is 7.88. The van der Waals surface area contributed by atoms with Crippen molar-refractivity contribution in [2.45, 2.75) is 36.2 Å². The zero-order valence-electron chi connectivity index (χ0n) is 14.9. The van der Waals surface area contributed by atoms with Gasteiger partial charge in [-0.05, 0) is 37.3 Å². The van der Waals surface area contributed by atoms with Crippen LogP contribution in [0.1, 0.15) is 19.3 Å². The molecule has 4 atom stereocenters. The van der Waals surface area contributed by atoms with Gasteiger partial charge in [0, 0.05) is 12.6 Å². The van der Waals surface area contributed by atoms with Crippen molar-refractivity contribution >= 4 is 33.3 Å². The third kappa shape index (κ3) is 3.60. The lowest BCUT2D eigenvalue weighted by atomic mass is 10.0. The maximum absolute atomic E-state index is 12.6. The molecule has 0 radical (unpaired) electrons. The van der Waals surface area contributed by atoms with Crippen molar-refractivity contribution in [1.29, 1.82) is 5.26 Å². The van der Waals surface area contributed by atoms with E-state index in [1.165, 1.54) is 12.1 Å². The summed E-state index contributed by atoms with van der Waals surface area (Å²) in [6, 6.07) is 6.69. The highest BCUT2D eigenvalue weighted by Gasteiger charge is 2.65. The van der Waals surface area contributed by atoms with Gasteiger partial charge in [0.2, 0.25) is 5.91 Å². The van der Waals surface area contributed by atoms with Crippen LogP contribution in [0.25, 0.3) is 0 Å². The van der Waals surface area contributed by atoms with E-state index in [0.717, 1.165) is 0 Å². The second kappa shape index (κ2) is 7.35. The molecule has 1 aromatic rings. The fourth-order valence-corrected chi connectivity index (χ4v) is 5.97. The summed E-state index contributed by atoms with van der Waals surface area (Å²) in [5, 5.41) is 19.0. The van der Waals surface area contributed by atoms with Gasteiger partial charge in [0.25, 0.3) is 0 Å². The Morgan fingerprint density at radius 2 is 2.07 bits per heavy atom. The van der Waals surface area contributed by atoms with Crippen LogP contribution in [-0.2, 0) is 19.4 Å². The van der Waals surface area contributed by atoms with Crippen LogP contribution in [0.5, 0.6) is 0 Å². The average Bonchev–Trinajstić information content (AvgIpc) is 3.24. The summed E-state index contributed by atoms with van der Waals surface area (Å²) in [5.41, 5.74) is 3.97. The summed E-state index contributed by atoms with van der Waals surface area (Å²) in [7, 11) is -3.60. The minimum atomic E-state index is -3.60. The molecule has 1 saturated heterocycles. The fraction of sp³-hybridized carbons (Fsp3) is 0.500. The van der Waals surface area contributed by atoms with Crippen LogP contribution >= 0.6 is 11.6 Å². The summed E-state index contributed by atoms with van der Waals surface area (Å²) >= 11 is 5.98. The Bertz CT molecular complexity index is 960. The second-order valence-electron chi connectivity index (χ2n) is 7.36. The molecule has 28 heavy (non-hydrogen) atoms. The zero-order valence-corrected chi connectivity index (χ0v) is 16.5. The number of sulfone groups is 1. The predicted octanol–water partition coefficient (Wildman–Crippen LogP) is 1.05. The van der Waals surface area contributed by atoms with Crippen LogP contribution in [-0.4, -0.2) is 54.7 Å². The minimum absolute atomic E-state index is 0.0562. The van der Waals surface area contributed by atoms with Crippen molar-refractivity contribution in [2.75, 3.05) is 12.3 Å². The lowest BCUT2D eigenvalue weighted by Gasteiger charge is -2.22. The Labute approximate surface area is 167 Å². The highest BCUT2D eigenvalue weighted by molar-refractivity contribution is 7.91. The van der Waals surface area contributed by atoms with E-state index in [9.17, 15) is 28.4 Å². The Morgan fingerprint density at radius 3 is 2.61 bits per heavy atom. The summed E-state index contributed by atoms with van der Waals surface area (Å²) in [5.74, 6) is -2.16. The molecular formula is C18H20ClN3O5S. The van der Waals surface area contributed by atoms with Crippen molar-refractivity contribution in [3.63, 3.8) is 0 Å². The van der Waals surface area contributed by atoms with Crippen LogP contribution in [0.2, 0.25) is 5.02 Å². The van der Waals surface area contributed by atoms with Crippen molar-refractivity contribution < 1.29 is 23.1 Å². The molecule has 2 unspecified atom stereocenters. The van der Waals surface area contributed by atoms with Gasteiger partial charge in [-0.3, -0.25) is 14.5 Å². The number of likely N-dealkylation sites (tertiary alicyclic amines) is 1. The maximum Gasteiger partial charge on any atom is 0.320 e. The SMILES string of the molecule is N#CC1(C(N)=O)CC1N1C[C@@H](CCS(=O)(=O)c2ccccc2Cl)C[C@H]1C(=O)O. The number of halogens is 1. The monoisotopic (exact) mass is 425 g/mol. The number of nitriles is 1. The van der Waals surface area contributed by atoms with Crippen LogP contribution in [0, 0.1) is 22.7 Å². The lowest BCUT2D eigenvalue weighted by Crippen LogP contribution is -2.42. The summed E-state index contributed by atoms with van der Waals surface area (Å²) in [6.45, 7) is 0.302. The number of aliphatic carboxylic acids is 1. The van der Waals surface area contributed by atoms with Gasteiger partial charge in [0.05, 0.1) is 21.7 Å². The Balaban J connectivity index is 1.70. The molecule has 10 heteroatoms. The highest BCUT2D eigenvalue weighted by atomic mass is 35.5. The van der Waals surface area contributed by atoms with E-state index in [-0.39, 0.29) is 40.9 Å². The standard InChI is InChI=1S/C18H20ClN3O5S/c19-12-3-1-2-4-14(12)28(26,27)6-5-11-7-13(16(23)24)22(9-11)15-8-18(15,10-20)17(21)25/h1-4,11,13,15H,5-9H2,(H2,21,25)(H,23,24)/t11-,13-,15?,18?/m0/s1. The number of primary amides is 1. The topological polar surface area (TPSA) is 142 Å². The van der Waals surface area contributed by atoms with E-state index in [2.05, 4.69) is 0 Å². The van der Waals surface area contributed by atoms with E-state index >= 15 is 0 Å². The van der Waals surface area contributed by atoms with E-state index in [0.29, 0.717) is 6.54 Å². The number of rotatable bonds is 7. The number of hydrogen-bond acceptors (Lipinski definition) is 6. The molecule has 1 aliphatic heterocycles. The van der Waals surface area contributed by atoms with Gasteiger partial charge < -0.3 is 10.8 Å². The number of carboxylic acid groups (broad SMARTS) is 1. The van der Waals surface area contributed by atoms with E-state index in [1.54, 1.807) is 17.0 Å². The van der Waals surface area contributed by atoms with Gasteiger partial charge in [0.1, 0.15) is 6.04 Å². The number of carboxylic acids is 1. The molecule has 1 saturated carbocycles. The molecule has 2 aliphatic rings. The maximum atomic E-state index is 12.6. The van der Waals surface area contributed by atoms with Crippen LogP contribution in [0.15, 0.2) is 29.2 Å². The van der Waals surface area contributed by atoms with Gasteiger partial charge in [-0.1, -0.05) is 23.7 Å². The van der Waals surface area contributed by atoms with E-state index in [4.69, 9.17) is 17.3 Å². The van der Waals surface area contributed by atoms with E-state index < -0.39 is 39.2 Å². The van der Waals surface area contributed by atoms with Crippen molar-refractivity contribution in [3.8, 4) is 6.07 Å². The molecule has 1 aromatic carbocycles. The first-order valence-electron chi connectivity index (χ1n) is 8.79. The highest BCUT2D eigenvalue weighted by Crippen LogP contribution is 2.51. The number of hydrogen-bond donors (Lipinski definition) is 2. The summed E-state index contributed by atoms with van der Waals surface area (Å²) in [6.07, 6.45) is 0.716. The first-order valence-corrected chi connectivity index (χ1v) is 10.8. The molecule has 1 amide bonds. The van der Waals surface area contributed by atoms with Gasteiger partial charge in [-0.2, -0.15) is 5.26 Å². The normalized spacial score (nSPS) is 29.9. The van der Waals surface area contributed by atoms with Gasteiger partial charge in [0.15, 0.2) is 15.3 Å². The third-order valence-electron chi connectivity index (χ3n) is 5.64. The Kier molecular flexibility index (Phi) is 5.40. The Morgan fingerprint density at radius 1 is 1.39 bits per heavy atom. The largest absolute Gasteiger partial charge is 0.480 e. The first kappa shape index (κ1) is 20.6. The molecule has 1 aliphatic carbocycles. The molecule has 3 N–H and O–H groups in total. The quantitative estimate of drug-likeness (QED) is 0.664. The second-order valence-corrected chi connectivity index (χ2v) is 9.84. The van der Waals surface area contributed by atoms with Crippen LogP contribution in [0.4, 0.5) is 0 Å². The molecule has 0 bridgehead atoms. The number of nitrogens with two attached hydrogens (primary N) is 1. The number of carbonyl (C=O) groups excluding carboxylic acids is 1. The molecule has 0 spiro atoms. The zero-order chi connectivity index (χ0) is 20.7. The van der Waals surface area contributed by atoms with E-state index in [1.807, 2.05) is 6.07 Å². The predicted molar refractivity (Wildman–Crippen MR) is 100 cm³/mol. The lowest BCUT2D eigenvalue weighted by molar-refractivity contribution is -0.142. The molecule has 1 heterocycles. The smallest absolute Gasteiger partial charge is 0.320 e. The van der Waals surface area contributed by atoms with Gasteiger partial charge in [-0.25, -0.2) is 8.42 Å². The molecule has 3 rings (SSSR count). The molecular weight excluding hydrogens is 406 g/mol. The molecule has 150 valence electrons. The fourth-order valence-electron chi connectivity index (χ4n) is 3.96. The molecule has 8 nitrogen and oxygen atoms in total. The van der Waals surface area contributed by atoms with Crippen LogP contribution in [0.3, 0.4) is 0 Å². The van der Waals surface area contributed by atoms with Gasteiger partial charge in [-0.15, -0.1) is 0 Å². The molecule has 0 aromatic heterocycles. The number of benzene rings is 1. The first-order chi connectivity index (χ1) is 13.1. The Hall–Kier alpha value is -2.15. The summed E-state index contributed by atoms with van der Waals surface area (Å²) in [4.78, 5) is 24.9. The van der Waals surface area contributed by atoms with Gasteiger partial charge >= 0.3 is 5.97 Å². The van der Waals surface area contributed by atoms with Crippen molar-refractivity contribution in [3.05, 3.63) is 29.3 Å². The average molecular weight is 426 g/mol. The van der Waals surface area contributed by atoms with Crippen molar-refractivity contribution in [2.24, 2.45) is 17.1 Å². The minimum Gasteiger partial charge on any atom is -0.480 e. The van der Waals surface area contributed by atoms with Crippen LogP contribution < -0.4 is 5.73 Å². The number of nitrogens with zero attached hydrogens (tertiary/aromatic N) is 2. The number of carbonyl (C=O) groups is 2. The van der Waals surface area contributed by atoms with Crippen molar-refractivity contribution in [1.82, 2.24) is 4.90 Å². The summed E-state index contributed by atoms with van der Waals surface area (Å²) < 4.78 is 25.1. The molecule has 2 fully saturated rings. The number of amides is 1.